The molecule has 0 bridgehead atoms. The average molecular weight is 1180 g/mol. The lowest BCUT2D eigenvalue weighted by Gasteiger charge is -2.33. The third-order valence-corrected chi connectivity index (χ3v) is 19.2. The van der Waals surface area contributed by atoms with Crippen molar-refractivity contribution in [2.45, 2.75) is 157 Å². The summed E-state index contributed by atoms with van der Waals surface area (Å²) >= 11 is 0. The second kappa shape index (κ2) is 21.5. The summed E-state index contributed by atoms with van der Waals surface area (Å²) in [5.74, 6) is 0. The number of fused-ring (bicyclic) bond motifs is 3. The van der Waals surface area contributed by atoms with Crippen LogP contribution in [0.5, 0.6) is 0 Å². The van der Waals surface area contributed by atoms with Gasteiger partial charge in [-0.1, -0.05) is 288 Å². The molecule has 13 rings (SSSR count). The van der Waals surface area contributed by atoms with Gasteiger partial charge in [-0.25, -0.2) is 0 Å². The normalized spacial score (nSPS) is 13.0. The summed E-state index contributed by atoms with van der Waals surface area (Å²) in [4.78, 5) is 2.59. The molecule has 452 valence electrons. The van der Waals surface area contributed by atoms with Crippen molar-refractivity contribution in [3.63, 3.8) is 0 Å². The smallest absolute Gasteiger partial charge is 0.0543 e. The van der Waals surface area contributed by atoms with Crippen molar-refractivity contribution in [2.75, 3.05) is 4.90 Å². The van der Waals surface area contributed by atoms with Gasteiger partial charge in [0.05, 0.1) is 28.1 Å². The molecule has 0 saturated heterocycles. The van der Waals surface area contributed by atoms with Crippen molar-refractivity contribution in [1.82, 2.24) is 4.57 Å². The lowest BCUT2D eigenvalue weighted by molar-refractivity contribution is 0.568. The fourth-order valence-corrected chi connectivity index (χ4v) is 13.5. The van der Waals surface area contributed by atoms with Crippen LogP contribution in [-0.4, -0.2) is 4.57 Å². The topological polar surface area (TPSA) is 8.17 Å². The summed E-state index contributed by atoms with van der Waals surface area (Å²) in [5, 5.41) is 9.91. The fraction of sp³-hybridized carbons (Fsp3) is 0.273. The third-order valence-electron chi connectivity index (χ3n) is 19.2. The predicted octanol–water partition coefficient (Wildman–Crippen LogP) is 25.6. The summed E-state index contributed by atoms with van der Waals surface area (Å²) in [6.45, 7) is 42.1. The van der Waals surface area contributed by atoms with Gasteiger partial charge in [0.2, 0.25) is 0 Å². The minimum Gasteiger partial charge on any atom is -0.309 e. The van der Waals surface area contributed by atoms with Crippen molar-refractivity contribution < 1.29 is 0 Å². The van der Waals surface area contributed by atoms with E-state index >= 15 is 0 Å². The van der Waals surface area contributed by atoms with Crippen LogP contribution in [0, 0.1) is 0 Å². The van der Waals surface area contributed by atoms with Crippen LogP contribution in [-0.2, 0) is 32.5 Å². The first kappa shape index (κ1) is 60.2. The lowest BCUT2D eigenvalue weighted by Crippen LogP contribution is -2.17. The number of anilines is 3. The Kier molecular flexibility index (Phi) is 14.4. The zero-order chi connectivity index (χ0) is 63.8. The van der Waals surface area contributed by atoms with Gasteiger partial charge >= 0.3 is 0 Å². The molecule has 0 aliphatic carbocycles. The van der Waals surface area contributed by atoms with Gasteiger partial charge in [-0.15, -0.1) is 0 Å². The highest BCUT2D eigenvalue weighted by atomic mass is 15.1. The SMILES string of the molecule is CC(C)(C)c1cc(-c2ccccc2)cc(N(c2cc(C(C)(C)C)ccc2-c2ccccc2)c2ccc3ccc4c(-n5c6ccc(-c7cc(C(C)(C)C)cc(C(C)(C)C)c7)cc6c6cc(-c7cc(C(C)(C)C)cc(C(C)(C)C)c7)ccc65)ccc5ccc2c3c54)c1. The van der Waals surface area contributed by atoms with Gasteiger partial charge in [-0.2, -0.15) is 0 Å². The second-order valence-electron chi connectivity index (χ2n) is 32.1. The molecule has 2 nitrogen and oxygen atoms in total. The zero-order valence-electron chi connectivity index (χ0n) is 56.7. The van der Waals surface area contributed by atoms with Crippen molar-refractivity contribution in [2.24, 2.45) is 0 Å². The Labute approximate surface area is 536 Å². The molecule has 0 unspecified atom stereocenters. The molecule has 0 aliphatic heterocycles. The summed E-state index contributed by atoms with van der Waals surface area (Å²) in [6, 6.07) is 84.6. The Morgan fingerprint density at radius 3 is 1.14 bits per heavy atom. The highest BCUT2D eigenvalue weighted by molar-refractivity contribution is 6.28. The molecule has 2 heteroatoms. The van der Waals surface area contributed by atoms with Crippen LogP contribution in [0.15, 0.2) is 218 Å². The van der Waals surface area contributed by atoms with E-state index in [-0.39, 0.29) is 32.5 Å². The lowest BCUT2D eigenvalue weighted by atomic mass is 9.78. The molecule has 0 saturated carbocycles. The molecule has 1 heterocycles. The maximum atomic E-state index is 2.59. The van der Waals surface area contributed by atoms with E-state index in [0.29, 0.717) is 0 Å². The van der Waals surface area contributed by atoms with E-state index in [2.05, 4.69) is 352 Å². The van der Waals surface area contributed by atoms with Crippen molar-refractivity contribution in [3.05, 3.63) is 252 Å². The maximum absolute atomic E-state index is 2.59. The van der Waals surface area contributed by atoms with Gasteiger partial charge in [-0.3, -0.25) is 0 Å². The Morgan fingerprint density at radius 1 is 0.256 bits per heavy atom. The highest BCUT2D eigenvalue weighted by Crippen LogP contribution is 2.51. The van der Waals surface area contributed by atoms with Gasteiger partial charge in [0.1, 0.15) is 0 Å². The molecule has 0 atom stereocenters. The average Bonchev–Trinajstić information content (AvgIpc) is 1.29. The molecule has 12 aromatic carbocycles. The van der Waals surface area contributed by atoms with E-state index in [1.165, 1.54) is 138 Å². The maximum Gasteiger partial charge on any atom is 0.0543 e. The number of aromatic nitrogens is 1. The van der Waals surface area contributed by atoms with Crippen molar-refractivity contribution >= 4 is 71.2 Å². The first-order chi connectivity index (χ1) is 42.4. The summed E-state index contributed by atoms with van der Waals surface area (Å²) in [5.41, 5.74) is 24.4. The van der Waals surface area contributed by atoms with E-state index in [0.717, 1.165) is 17.1 Å². The fourth-order valence-electron chi connectivity index (χ4n) is 13.5. The molecule has 0 spiro atoms. The Hall–Kier alpha value is -8.72. The first-order valence-corrected chi connectivity index (χ1v) is 32.7. The number of hydrogen-bond acceptors (Lipinski definition) is 1. The summed E-state index contributed by atoms with van der Waals surface area (Å²) in [6.07, 6.45) is 0. The molecular weight excluding hydrogens is 1080 g/mol. The zero-order valence-corrected chi connectivity index (χ0v) is 56.7. The standard InChI is InChI=1S/C88H90N2/c1-83(2,3)64-35-38-71(56-27-23-20-24-28-56)80(54-64)89(70-48-63(55-25-21-19-22-26-55)47-69(53-70)88(16,17)18)76-39-31-57-30-37-73-77(40-32-58-29-36-72(76)81(57)82(58)73)90-78-41-33-59(61-43-65(84(4,5)6)51-66(44-61)85(7,8)9)49-74(78)75-50-60(34-42-79(75)90)62-45-67(86(10,11)12)52-68(46-62)87(13,14)15/h19-54H,1-18H3. The number of rotatable bonds is 8. The Bertz CT molecular complexity index is 4710. The van der Waals surface area contributed by atoms with Gasteiger partial charge in [0, 0.05) is 32.8 Å². The number of nitrogens with zero attached hydrogens (tertiary/aromatic N) is 2. The molecule has 1 aromatic heterocycles. The van der Waals surface area contributed by atoms with Gasteiger partial charge < -0.3 is 9.47 Å². The molecule has 13 aromatic rings. The minimum absolute atomic E-state index is 0.0156. The van der Waals surface area contributed by atoms with Crippen LogP contribution in [0.1, 0.15) is 158 Å². The largest absolute Gasteiger partial charge is 0.309 e. The third kappa shape index (κ3) is 11.0. The van der Waals surface area contributed by atoms with E-state index in [4.69, 9.17) is 0 Å². The summed E-state index contributed by atoms with van der Waals surface area (Å²) in [7, 11) is 0. The molecule has 0 amide bonds. The first-order valence-electron chi connectivity index (χ1n) is 32.7. The van der Waals surface area contributed by atoms with Crippen LogP contribution in [0.25, 0.3) is 104 Å². The van der Waals surface area contributed by atoms with E-state index < -0.39 is 0 Å². The molecule has 90 heavy (non-hydrogen) atoms. The molecule has 0 fully saturated rings. The molecule has 0 aliphatic rings. The van der Waals surface area contributed by atoms with Gasteiger partial charge in [0.25, 0.3) is 0 Å². The van der Waals surface area contributed by atoms with Crippen LogP contribution < -0.4 is 4.90 Å². The Balaban J connectivity index is 1.09. The van der Waals surface area contributed by atoms with Crippen LogP contribution in [0.2, 0.25) is 0 Å². The van der Waals surface area contributed by atoms with Crippen LogP contribution in [0.3, 0.4) is 0 Å². The van der Waals surface area contributed by atoms with Gasteiger partial charge in [-0.05, 0) is 181 Å². The van der Waals surface area contributed by atoms with Crippen LogP contribution >= 0.6 is 0 Å². The second-order valence-corrected chi connectivity index (χ2v) is 32.1. The quantitative estimate of drug-likeness (QED) is 0.138. The summed E-state index contributed by atoms with van der Waals surface area (Å²) < 4.78 is 2.57. The number of benzene rings is 12. The molecular formula is C88H90N2. The van der Waals surface area contributed by atoms with E-state index in [1.807, 2.05) is 0 Å². The van der Waals surface area contributed by atoms with Crippen molar-refractivity contribution in [1.29, 1.82) is 0 Å². The van der Waals surface area contributed by atoms with E-state index in [1.54, 1.807) is 0 Å². The molecule has 0 N–H and O–H groups in total. The monoisotopic (exact) mass is 1170 g/mol. The van der Waals surface area contributed by atoms with Crippen LogP contribution in [0.4, 0.5) is 17.1 Å². The predicted molar refractivity (Wildman–Crippen MR) is 393 cm³/mol. The Morgan fingerprint density at radius 2 is 0.667 bits per heavy atom. The highest BCUT2D eigenvalue weighted by Gasteiger charge is 2.29. The minimum atomic E-state index is -0.129. The molecule has 0 radical (unpaired) electrons. The van der Waals surface area contributed by atoms with E-state index in [9.17, 15) is 0 Å². The number of hydrogen-bond donors (Lipinski definition) is 0. The van der Waals surface area contributed by atoms with Crippen molar-refractivity contribution in [3.8, 4) is 50.2 Å². The van der Waals surface area contributed by atoms with Gasteiger partial charge in [0.15, 0.2) is 0 Å².